The van der Waals surface area contributed by atoms with Crippen molar-refractivity contribution in [1.29, 1.82) is 0 Å². The lowest BCUT2D eigenvalue weighted by Gasteiger charge is -2.08. The van der Waals surface area contributed by atoms with Crippen molar-refractivity contribution in [3.05, 3.63) is 114 Å². The summed E-state index contributed by atoms with van der Waals surface area (Å²) in [6, 6.07) is 20.1. The maximum Gasteiger partial charge on any atom is 0.161 e. The molecule has 10 heteroatoms. The lowest BCUT2D eigenvalue weighted by molar-refractivity contribution is 0.631. The number of nitrogens with zero attached hydrogens (tertiary/aromatic N) is 5. The first-order chi connectivity index (χ1) is 20.2. The molecule has 0 aliphatic rings. The molecule has 200 valence electrons. The minimum atomic E-state index is -0.502. The number of rotatable bonds is 7. The molecule has 2 aromatic carbocycles. The maximum absolute atomic E-state index is 16.1. The van der Waals surface area contributed by atoms with E-state index >= 15 is 4.39 Å². The number of benzene rings is 2. The Morgan fingerprint density at radius 2 is 1.59 bits per heavy atom. The number of nitrogens with one attached hydrogen (secondary N) is 3. The highest BCUT2D eigenvalue weighted by atomic mass is 19.1. The van der Waals surface area contributed by atoms with Crippen LogP contribution in [-0.2, 0) is 13.1 Å². The van der Waals surface area contributed by atoms with Crippen LogP contribution < -0.4 is 5.32 Å². The number of halogens is 2. The van der Waals surface area contributed by atoms with Crippen LogP contribution in [0.25, 0.3) is 56.0 Å². The molecule has 7 aromatic rings. The van der Waals surface area contributed by atoms with E-state index in [0.717, 1.165) is 5.56 Å². The van der Waals surface area contributed by atoms with Gasteiger partial charge in [-0.15, -0.1) is 0 Å². The SMILES string of the molecule is Fc1ccccc1-c1ccnc2[nH]c(-c3n[nH]c4ncc(-c5cncc(CNCc6ccccc6)c5)c(F)c34)nc12. The summed E-state index contributed by atoms with van der Waals surface area (Å²) in [5, 5.41) is 10.7. The zero-order valence-corrected chi connectivity index (χ0v) is 21.6. The van der Waals surface area contributed by atoms with Crippen molar-refractivity contribution in [2.24, 2.45) is 0 Å². The van der Waals surface area contributed by atoms with Crippen LogP contribution in [0.15, 0.2) is 91.5 Å². The van der Waals surface area contributed by atoms with Gasteiger partial charge in [0.25, 0.3) is 0 Å². The predicted molar refractivity (Wildman–Crippen MR) is 152 cm³/mol. The second-order valence-electron chi connectivity index (χ2n) is 9.57. The number of hydrogen-bond donors (Lipinski definition) is 3. The van der Waals surface area contributed by atoms with Gasteiger partial charge in [0.05, 0.1) is 5.39 Å². The summed E-state index contributed by atoms with van der Waals surface area (Å²) < 4.78 is 30.7. The fourth-order valence-electron chi connectivity index (χ4n) is 4.93. The first-order valence-electron chi connectivity index (χ1n) is 13.0. The van der Waals surface area contributed by atoms with E-state index in [2.05, 4.69) is 52.6 Å². The number of pyridine rings is 3. The summed E-state index contributed by atoms with van der Waals surface area (Å²) in [5.41, 5.74) is 5.34. The lowest BCUT2D eigenvalue weighted by Crippen LogP contribution is -2.12. The largest absolute Gasteiger partial charge is 0.321 e. The van der Waals surface area contributed by atoms with E-state index in [4.69, 9.17) is 0 Å². The average molecular weight is 545 g/mol. The molecule has 0 aliphatic heterocycles. The Balaban J connectivity index is 1.24. The minimum absolute atomic E-state index is 0.182. The Labute approximate surface area is 232 Å². The van der Waals surface area contributed by atoms with E-state index in [1.54, 1.807) is 42.9 Å². The Bertz CT molecular complexity index is 2020. The molecule has 0 unspecified atom stereocenters. The number of hydrogen-bond acceptors (Lipinski definition) is 6. The van der Waals surface area contributed by atoms with E-state index < -0.39 is 5.82 Å². The zero-order valence-electron chi connectivity index (χ0n) is 21.6. The maximum atomic E-state index is 16.1. The first kappa shape index (κ1) is 24.7. The summed E-state index contributed by atoms with van der Waals surface area (Å²) in [5.74, 6) is -0.587. The molecule has 0 amide bonds. The molecule has 0 bridgehead atoms. The Morgan fingerprint density at radius 3 is 2.46 bits per heavy atom. The molecule has 0 saturated heterocycles. The van der Waals surface area contributed by atoms with E-state index in [1.807, 2.05) is 24.3 Å². The topological polar surface area (TPSA) is 108 Å². The van der Waals surface area contributed by atoms with E-state index in [1.165, 1.54) is 17.8 Å². The van der Waals surface area contributed by atoms with Gasteiger partial charge in [-0.3, -0.25) is 10.1 Å². The quantitative estimate of drug-likeness (QED) is 0.221. The van der Waals surface area contributed by atoms with Crippen LogP contribution in [0.1, 0.15) is 11.1 Å². The van der Waals surface area contributed by atoms with Crippen LogP contribution in [0.2, 0.25) is 0 Å². The highest BCUT2D eigenvalue weighted by Gasteiger charge is 2.22. The van der Waals surface area contributed by atoms with Crippen molar-refractivity contribution in [1.82, 2.24) is 40.4 Å². The number of H-pyrrole nitrogens is 2. The van der Waals surface area contributed by atoms with Crippen molar-refractivity contribution < 1.29 is 8.78 Å². The average Bonchev–Trinajstić information content (AvgIpc) is 3.63. The fourth-order valence-corrected chi connectivity index (χ4v) is 4.93. The molecular weight excluding hydrogens is 522 g/mol. The number of imidazole rings is 1. The van der Waals surface area contributed by atoms with Gasteiger partial charge in [0, 0.05) is 60.1 Å². The summed E-state index contributed by atoms with van der Waals surface area (Å²) in [4.78, 5) is 20.9. The molecule has 41 heavy (non-hydrogen) atoms. The third kappa shape index (κ3) is 4.60. The molecule has 3 N–H and O–H groups in total. The zero-order chi connectivity index (χ0) is 27.8. The van der Waals surface area contributed by atoms with E-state index in [-0.39, 0.29) is 28.4 Å². The van der Waals surface area contributed by atoms with Gasteiger partial charge in [0.2, 0.25) is 0 Å². The molecule has 0 radical (unpaired) electrons. The summed E-state index contributed by atoms with van der Waals surface area (Å²) in [7, 11) is 0. The monoisotopic (exact) mass is 544 g/mol. The molecule has 0 spiro atoms. The van der Waals surface area contributed by atoms with Crippen LogP contribution in [0.5, 0.6) is 0 Å². The van der Waals surface area contributed by atoms with Gasteiger partial charge < -0.3 is 10.3 Å². The fraction of sp³-hybridized carbons (Fsp3) is 0.0645. The number of fused-ring (bicyclic) bond motifs is 2. The second kappa shape index (κ2) is 10.3. The molecule has 0 fully saturated rings. The molecule has 0 aliphatic carbocycles. The minimum Gasteiger partial charge on any atom is -0.321 e. The van der Waals surface area contributed by atoms with Crippen LogP contribution in [-0.4, -0.2) is 35.1 Å². The first-order valence-corrected chi connectivity index (χ1v) is 13.0. The van der Waals surface area contributed by atoms with Crippen molar-refractivity contribution in [2.75, 3.05) is 0 Å². The third-order valence-electron chi connectivity index (χ3n) is 6.91. The molecule has 5 heterocycles. The second-order valence-corrected chi connectivity index (χ2v) is 9.57. The van der Waals surface area contributed by atoms with Crippen molar-refractivity contribution in [3.63, 3.8) is 0 Å². The van der Waals surface area contributed by atoms with Crippen molar-refractivity contribution >= 4 is 22.2 Å². The van der Waals surface area contributed by atoms with E-state index in [9.17, 15) is 4.39 Å². The van der Waals surface area contributed by atoms with Crippen molar-refractivity contribution in [3.8, 4) is 33.8 Å². The molecule has 5 aromatic heterocycles. The normalized spacial score (nSPS) is 11.5. The molecule has 8 nitrogen and oxygen atoms in total. The molecule has 0 saturated carbocycles. The van der Waals surface area contributed by atoms with Crippen LogP contribution in [0.3, 0.4) is 0 Å². The Morgan fingerprint density at radius 1 is 0.756 bits per heavy atom. The molecular formula is C31H22F2N8. The van der Waals surface area contributed by atoms with E-state index in [0.29, 0.717) is 46.5 Å². The summed E-state index contributed by atoms with van der Waals surface area (Å²) in [6.07, 6.45) is 6.40. The number of aromatic nitrogens is 7. The van der Waals surface area contributed by atoms with Gasteiger partial charge in [0.15, 0.2) is 17.1 Å². The van der Waals surface area contributed by atoms with Gasteiger partial charge in [-0.1, -0.05) is 48.5 Å². The van der Waals surface area contributed by atoms with Gasteiger partial charge in [0.1, 0.15) is 22.8 Å². The molecule has 7 rings (SSSR count). The smallest absolute Gasteiger partial charge is 0.161 e. The van der Waals surface area contributed by atoms with Crippen LogP contribution in [0, 0.1) is 11.6 Å². The molecule has 0 atom stereocenters. The Kier molecular flexibility index (Phi) is 6.21. The highest BCUT2D eigenvalue weighted by molar-refractivity contribution is 5.96. The van der Waals surface area contributed by atoms with Crippen LogP contribution in [0.4, 0.5) is 8.78 Å². The van der Waals surface area contributed by atoms with Gasteiger partial charge in [-0.05, 0) is 29.3 Å². The standard InChI is InChI=1S/C31H22F2N8/c32-24-9-5-4-8-21(24)22-10-11-36-30-27(22)38-31(39-30)28-25-26(33)23(17-37-29(25)41-40-28)20-12-19(15-35-16-20)14-34-13-18-6-2-1-3-7-18/h1-12,15-17,34H,13-14H2,(H,36,38,39)(H,37,40,41). The third-order valence-corrected chi connectivity index (χ3v) is 6.91. The van der Waals surface area contributed by atoms with Crippen LogP contribution >= 0.6 is 0 Å². The van der Waals surface area contributed by atoms with Gasteiger partial charge in [-0.25, -0.2) is 23.7 Å². The van der Waals surface area contributed by atoms with Gasteiger partial charge in [-0.2, -0.15) is 5.10 Å². The number of aromatic amines is 2. The van der Waals surface area contributed by atoms with Crippen molar-refractivity contribution in [2.45, 2.75) is 13.1 Å². The summed E-state index contributed by atoms with van der Waals surface area (Å²) >= 11 is 0. The predicted octanol–water partition coefficient (Wildman–Crippen LogP) is 6.19. The Hall–Kier alpha value is -5.35. The summed E-state index contributed by atoms with van der Waals surface area (Å²) in [6.45, 7) is 1.27. The van der Waals surface area contributed by atoms with Gasteiger partial charge >= 0.3 is 0 Å². The highest BCUT2D eigenvalue weighted by Crippen LogP contribution is 2.34. The lowest BCUT2D eigenvalue weighted by atomic mass is 10.0.